The van der Waals surface area contributed by atoms with Gasteiger partial charge in [-0.3, -0.25) is 9.69 Å². The average Bonchev–Trinajstić information content (AvgIpc) is 3.11. The Morgan fingerprint density at radius 1 is 1.11 bits per heavy atom. The molecule has 35 heavy (non-hydrogen) atoms. The molecule has 1 aromatic carbocycles. The second kappa shape index (κ2) is 12.0. The van der Waals surface area contributed by atoms with Crippen molar-refractivity contribution in [3.63, 3.8) is 0 Å². The standard InChI is InChI=1S/C27H40N2O5S/c1-9-20-15-22(18(2)30)29(25(32)34-27(6,7)8)23(20)21(28-24(31)33-26(3,4)5)17-35-16-19-13-11-10-12-14-19/h9-14,20-23H,1,15-17H2,2-8H3,(H,28,31)/t20-,21+,22-,23-/m1/s1. The Balaban J connectivity index is 2.37. The van der Waals surface area contributed by atoms with Gasteiger partial charge < -0.3 is 14.8 Å². The van der Waals surface area contributed by atoms with Crippen LogP contribution < -0.4 is 5.32 Å². The maximum atomic E-state index is 13.3. The number of likely N-dealkylation sites (tertiary alicyclic amines) is 1. The Hall–Kier alpha value is -2.48. The van der Waals surface area contributed by atoms with Crippen LogP contribution in [-0.4, -0.2) is 58.0 Å². The summed E-state index contributed by atoms with van der Waals surface area (Å²) < 4.78 is 11.2. The van der Waals surface area contributed by atoms with Gasteiger partial charge >= 0.3 is 12.2 Å². The minimum Gasteiger partial charge on any atom is -0.444 e. The lowest BCUT2D eigenvalue weighted by molar-refractivity contribution is -0.121. The Kier molecular flexibility index (Phi) is 9.84. The summed E-state index contributed by atoms with van der Waals surface area (Å²) >= 11 is 1.64. The molecule has 0 saturated carbocycles. The van der Waals surface area contributed by atoms with Gasteiger partial charge in [0.2, 0.25) is 0 Å². The smallest absolute Gasteiger partial charge is 0.411 e. The third-order valence-electron chi connectivity index (χ3n) is 5.49. The van der Waals surface area contributed by atoms with E-state index in [4.69, 9.17) is 9.47 Å². The van der Waals surface area contributed by atoms with Crippen LogP contribution >= 0.6 is 11.8 Å². The van der Waals surface area contributed by atoms with E-state index in [0.29, 0.717) is 12.2 Å². The Morgan fingerprint density at radius 2 is 1.71 bits per heavy atom. The molecule has 1 N–H and O–H groups in total. The number of carbonyl (C=O) groups is 3. The fraction of sp³-hybridized carbons (Fsp3) is 0.593. The molecule has 1 fully saturated rings. The van der Waals surface area contributed by atoms with Gasteiger partial charge in [-0.15, -0.1) is 6.58 Å². The molecule has 1 aliphatic heterocycles. The number of ketones is 1. The summed E-state index contributed by atoms with van der Waals surface area (Å²) in [5.41, 5.74) is -0.247. The molecule has 0 aliphatic carbocycles. The molecule has 4 atom stereocenters. The second-order valence-electron chi connectivity index (χ2n) is 10.9. The zero-order valence-electron chi connectivity index (χ0n) is 22.0. The first-order chi connectivity index (χ1) is 16.2. The number of thioether (sulfide) groups is 1. The highest BCUT2D eigenvalue weighted by Gasteiger charge is 2.49. The second-order valence-corrected chi connectivity index (χ2v) is 11.9. The van der Waals surface area contributed by atoms with Crippen molar-refractivity contribution in [3.05, 3.63) is 48.6 Å². The van der Waals surface area contributed by atoms with E-state index in [1.807, 2.05) is 30.3 Å². The first kappa shape index (κ1) is 28.8. The predicted molar refractivity (Wildman–Crippen MR) is 140 cm³/mol. The Bertz CT molecular complexity index is 891. The molecular formula is C27H40N2O5S. The van der Waals surface area contributed by atoms with Crippen LogP contribution in [0.1, 0.15) is 60.5 Å². The van der Waals surface area contributed by atoms with Crippen molar-refractivity contribution in [1.82, 2.24) is 10.2 Å². The van der Waals surface area contributed by atoms with E-state index < -0.39 is 41.5 Å². The number of nitrogens with zero attached hydrogens (tertiary/aromatic N) is 1. The molecule has 8 heteroatoms. The van der Waals surface area contributed by atoms with E-state index in [0.717, 1.165) is 11.3 Å². The molecule has 1 aromatic rings. The van der Waals surface area contributed by atoms with Gasteiger partial charge in [0, 0.05) is 17.4 Å². The molecule has 0 radical (unpaired) electrons. The highest BCUT2D eigenvalue weighted by molar-refractivity contribution is 7.98. The number of hydrogen-bond acceptors (Lipinski definition) is 6. The highest BCUT2D eigenvalue weighted by atomic mass is 32.2. The van der Waals surface area contributed by atoms with Gasteiger partial charge in [-0.1, -0.05) is 36.4 Å². The lowest BCUT2D eigenvalue weighted by Crippen LogP contribution is -2.57. The zero-order chi connectivity index (χ0) is 26.4. The normalized spacial score (nSPS) is 21.2. The van der Waals surface area contributed by atoms with Crippen molar-refractivity contribution in [2.45, 2.75) is 90.0 Å². The number of Topliss-reactive ketones (excluding diaryl/α,β-unsaturated/α-hetero) is 1. The molecule has 1 saturated heterocycles. The highest BCUT2D eigenvalue weighted by Crippen LogP contribution is 2.36. The van der Waals surface area contributed by atoms with Crippen LogP contribution in [-0.2, 0) is 20.0 Å². The molecule has 194 valence electrons. The summed E-state index contributed by atoms with van der Waals surface area (Å²) in [7, 11) is 0. The summed E-state index contributed by atoms with van der Waals surface area (Å²) in [6.07, 6.45) is 1.05. The number of alkyl carbamates (subject to hydrolysis) is 1. The Morgan fingerprint density at radius 3 is 2.23 bits per heavy atom. The van der Waals surface area contributed by atoms with Crippen molar-refractivity contribution < 1.29 is 23.9 Å². The van der Waals surface area contributed by atoms with Crippen molar-refractivity contribution in [1.29, 1.82) is 0 Å². The summed E-state index contributed by atoms with van der Waals surface area (Å²) in [5.74, 6) is 0.918. The summed E-state index contributed by atoms with van der Waals surface area (Å²) in [5, 5.41) is 2.98. The van der Waals surface area contributed by atoms with E-state index in [2.05, 4.69) is 11.9 Å². The summed E-state index contributed by atoms with van der Waals surface area (Å²) in [6.45, 7) is 16.2. The molecule has 7 nitrogen and oxygen atoms in total. The van der Waals surface area contributed by atoms with Crippen LogP contribution in [0.15, 0.2) is 43.0 Å². The van der Waals surface area contributed by atoms with Crippen molar-refractivity contribution in [2.75, 3.05) is 5.75 Å². The van der Waals surface area contributed by atoms with E-state index in [9.17, 15) is 14.4 Å². The Labute approximate surface area is 214 Å². The number of amides is 2. The first-order valence-electron chi connectivity index (χ1n) is 12.0. The molecular weight excluding hydrogens is 464 g/mol. The van der Waals surface area contributed by atoms with E-state index in [-0.39, 0.29) is 11.7 Å². The van der Waals surface area contributed by atoms with Gasteiger partial charge in [-0.2, -0.15) is 11.8 Å². The maximum absolute atomic E-state index is 13.3. The van der Waals surface area contributed by atoms with Gasteiger partial charge in [-0.25, -0.2) is 9.59 Å². The monoisotopic (exact) mass is 504 g/mol. The molecule has 0 aromatic heterocycles. The van der Waals surface area contributed by atoms with Gasteiger partial charge in [0.15, 0.2) is 5.78 Å². The van der Waals surface area contributed by atoms with Gasteiger partial charge in [0.1, 0.15) is 11.2 Å². The van der Waals surface area contributed by atoms with Gasteiger partial charge in [-0.05, 0) is 60.5 Å². The average molecular weight is 505 g/mol. The number of hydrogen-bond donors (Lipinski definition) is 1. The minimum atomic E-state index is -0.731. The van der Waals surface area contributed by atoms with Gasteiger partial charge in [0.25, 0.3) is 0 Å². The van der Waals surface area contributed by atoms with E-state index in [1.54, 1.807) is 59.4 Å². The van der Waals surface area contributed by atoms with Crippen molar-refractivity contribution >= 4 is 29.7 Å². The lowest BCUT2D eigenvalue weighted by Gasteiger charge is -2.37. The maximum Gasteiger partial charge on any atom is 0.411 e. The number of rotatable bonds is 8. The fourth-order valence-electron chi connectivity index (χ4n) is 4.14. The third kappa shape index (κ3) is 8.91. The third-order valence-corrected chi connectivity index (χ3v) is 6.62. The van der Waals surface area contributed by atoms with Crippen molar-refractivity contribution in [3.8, 4) is 0 Å². The van der Waals surface area contributed by atoms with E-state index in [1.165, 1.54) is 11.8 Å². The molecule has 0 unspecified atom stereocenters. The summed E-state index contributed by atoms with van der Waals surface area (Å²) in [6, 6.07) is 8.38. The fourth-order valence-corrected chi connectivity index (χ4v) is 5.22. The van der Waals surface area contributed by atoms with Crippen LogP contribution in [0, 0.1) is 5.92 Å². The topological polar surface area (TPSA) is 84.9 Å². The predicted octanol–water partition coefficient (Wildman–Crippen LogP) is 5.58. The lowest BCUT2D eigenvalue weighted by atomic mass is 9.94. The van der Waals surface area contributed by atoms with Crippen LogP contribution in [0.5, 0.6) is 0 Å². The molecule has 1 aliphatic rings. The molecule has 2 rings (SSSR count). The van der Waals surface area contributed by atoms with E-state index >= 15 is 0 Å². The SMILES string of the molecule is C=C[C@@H]1C[C@H](C(C)=O)N(C(=O)OC(C)(C)C)[C@H]1[C@H](CSCc1ccccc1)NC(=O)OC(C)(C)C. The number of ether oxygens (including phenoxy) is 2. The van der Waals surface area contributed by atoms with Gasteiger partial charge in [0.05, 0.1) is 18.1 Å². The first-order valence-corrected chi connectivity index (χ1v) is 13.1. The quantitative estimate of drug-likeness (QED) is 0.465. The van der Waals surface area contributed by atoms with Crippen molar-refractivity contribution in [2.24, 2.45) is 5.92 Å². The van der Waals surface area contributed by atoms with Crippen LogP contribution in [0.4, 0.5) is 9.59 Å². The number of benzene rings is 1. The molecule has 0 bridgehead atoms. The zero-order valence-corrected chi connectivity index (χ0v) is 22.8. The molecule has 1 heterocycles. The van der Waals surface area contributed by atoms with Crippen LogP contribution in [0.2, 0.25) is 0 Å². The molecule has 0 spiro atoms. The van der Waals surface area contributed by atoms with Crippen LogP contribution in [0.25, 0.3) is 0 Å². The number of nitrogens with one attached hydrogen (secondary N) is 1. The van der Waals surface area contributed by atoms with Crippen LogP contribution in [0.3, 0.4) is 0 Å². The summed E-state index contributed by atoms with van der Waals surface area (Å²) in [4.78, 5) is 40.2. The minimum absolute atomic E-state index is 0.127. The molecule has 2 amide bonds. The number of carbonyl (C=O) groups excluding carboxylic acids is 3. The largest absolute Gasteiger partial charge is 0.444 e.